The molecule has 0 saturated heterocycles. The maximum absolute atomic E-state index is 12.8. The van der Waals surface area contributed by atoms with Crippen molar-refractivity contribution in [3.05, 3.63) is 114 Å². The van der Waals surface area contributed by atoms with Crippen LogP contribution >= 0.6 is 11.8 Å². The van der Waals surface area contributed by atoms with Gasteiger partial charge in [0.15, 0.2) is 0 Å². The number of amides is 1. The van der Waals surface area contributed by atoms with Gasteiger partial charge in [-0.25, -0.2) is 0 Å². The molecule has 4 rings (SSSR count). The Morgan fingerprint density at radius 1 is 0.714 bits per heavy atom. The lowest BCUT2D eigenvalue weighted by molar-refractivity contribution is 0.0948. The number of fused-ring (bicyclic) bond motifs is 1. The van der Waals surface area contributed by atoms with Gasteiger partial charge in [0.1, 0.15) is 0 Å². The van der Waals surface area contributed by atoms with E-state index >= 15 is 0 Å². The van der Waals surface area contributed by atoms with Crippen molar-refractivity contribution in [2.24, 2.45) is 0 Å². The van der Waals surface area contributed by atoms with Gasteiger partial charge in [-0.3, -0.25) is 4.79 Å². The SMILES string of the molecule is O=C(NCc1ccc2ccccc2c1)c1ccccc1SCc1ccccc1. The monoisotopic (exact) mass is 383 g/mol. The van der Waals surface area contributed by atoms with Gasteiger partial charge >= 0.3 is 0 Å². The molecule has 3 heteroatoms. The van der Waals surface area contributed by atoms with Gasteiger partial charge in [-0.15, -0.1) is 11.8 Å². The summed E-state index contributed by atoms with van der Waals surface area (Å²) in [7, 11) is 0. The molecule has 0 unspecified atom stereocenters. The molecule has 0 aliphatic carbocycles. The average molecular weight is 384 g/mol. The van der Waals surface area contributed by atoms with Gasteiger partial charge < -0.3 is 5.32 Å². The van der Waals surface area contributed by atoms with Crippen molar-refractivity contribution >= 4 is 28.4 Å². The van der Waals surface area contributed by atoms with E-state index in [0.717, 1.165) is 21.8 Å². The minimum absolute atomic E-state index is 0.0377. The molecule has 0 aliphatic heterocycles. The number of nitrogens with one attached hydrogen (secondary N) is 1. The second-order valence-electron chi connectivity index (χ2n) is 6.63. The van der Waals surface area contributed by atoms with Crippen molar-refractivity contribution in [3.63, 3.8) is 0 Å². The molecule has 0 saturated carbocycles. The molecule has 4 aromatic carbocycles. The van der Waals surface area contributed by atoms with Crippen LogP contribution in [-0.4, -0.2) is 5.91 Å². The predicted octanol–water partition coefficient (Wildman–Crippen LogP) is 6.06. The number of carbonyl (C=O) groups is 1. The summed E-state index contributed by atoms with van der Waals surface area (Å²) in [6.07, 6.45) is 0. The van der Waals surface area contributed by atoms with Crippen LogP contribution < -0.4 is 5.32 Å². The van der Waals surface area contributed by atoms with Crippen molar-refractivity contribution in [2.45, 2.75) is 17.2 Å². The third-order valence-electron chi connectivity index (χ3n) is 4.64. The normalized spacial score (nSPS) is 10.7. The minimum Gasteiger partial charge on any atom is -0.348 e. The molecule has 0 fully saturated rings. The van der Waals surface area contributed by atoms with Crippen molar-refractivity contribution in [1.82, 2.24) is 5.32 Å². The van der Waals surface area contributed by atoms with E-state index in [0.29, 0.717) is 6.54 Å². The first-order valence-electron chi connectivity index (χ1n) is 9.31. The Balaban J connectivity index is 1.44. The Morgan fingerprint density at radius 2 is 1.43 bits per heavy atom. The molecule has 0 aromatic heterocycles. The number of carbonyl (C=O) groups excluding carboxylic acids is 1. The van der Waals surface area contributed by atoms with Gasteiger partial charge in [0.25, 0.3) is 5.91 Å². The second-order valence-corrected chi connectivity index (χ2v) is 7.65. The molecule has 1 N–H and O–H groups in total. The van der Waals surface area contributed by atoms with Crippen molar-refractivity contribution in [2.75, 3.05) is 0 Å². The Bertz CT molecular complexity index is 1090. The lowest BCUT2D eigenvalue weighted by atomic mass is 10.1. The molecule has 0 bridgehead atoms. The lowest BCUT2D eigenvalue weighted by Crippen LogP contribution is -2.23. The minimum atomic E-state index is -0.0377. The summed E-state index contributed by atoms with van der Waals surface area (Å²) in [6.45, 7) is 0.515. The van der Waals surface area contributed by atoms with E-state index in [2.05, 4.69) is 47.8 Å². The molecular weight excluding hydrogens is 362 g/mol. The van der Waals surface area contributed by atoms with Crippen LogP contribution in [0.1, 0.15) is 21.5 Å². The summed E-state index contributed by atoms with van der Waals surface area (Å²) in [5.41, 5.74) is 3.07. The highest BCUT2D eigenvalue weighted by molar-refractivity contribution is 7.98. The van der Waals surface area contributed by atoms with Gasteiger partial charge in [0.05, 0.1) is 5.56 Å². The highest BCUT2D eigenvalue weighted by Gasteiger charge is 2.11. The molecule has 0 radical (unpaired) electrons. The molecule has 0 heterocycles. The zero-order valence-electron chi connectivity index (χ0n) is 15.5. The quantitative estimate of drug-likeness (QED) is 0.410. The van der Waals surface area contributed by atoms with E-state index in [1.165, 1.54) is 16.3 Å². The standard InChI is InChI=1S/C25H21NOS/c27-25(26-17-20-14-15-21-10-4-5-11-22(21)16-20)23-12-6-7-13-24(23)28-18-19-8-2-1-3-9-19/h1-16H,17-18H2,(H,26,27). The summed E-state index contributed by atoms with van der Waals surface area (Å²) in [4.78, 5) is 13.8. The smallest absolute Gasteiger partial charge is 0.252 e. The molecule has 138 valence electrons. The molecule has 4 aromatic rings. The Hall–Kier alpha value is -3.04. The molecule has 0 aliphatic rings. The van der Waals surface area contributed by atoms with E-state index in [9.17, 15) is 4.79 Å². The molecule has 1 amide bonds. The van der Waals surface area contributed by atoms with E-state index < -0.39 is 0 Å². The molecule has 0 spiro atoms. The van der Waals surface area contributed by atoms with Crippen LogP contribution in [0.4, 0.5) is 0 Å². The van der Waals surface area contributed by atoms with Gasteiger partial charge in [0.2, 0.25) is 0 Å². The highest BCUT2D eigenvalue weighted by atomic mass is 32.2. The van der Waals surface area contributed by atoms with E-state index in [1.54, 1.807) is 11.8 Å². The maximum atomic E-state index is 12.8. The summed E-state index contributed by atoms with van der Waals surface area (Å²) in [6, 6.07) is 32.7. The van der Waals surface area contributed by atoms with Gasteiger partial charge in [0, 0.05) is 17.2 Å². The topological polar surface area (TPSA) is 29.1 Å². The third-order valence-corrected chi connectivity index (χ3v) is 5.78. The van der Waals surface area contributed by atoms with Crippen LogP contribution in [0.5, 0.6) is 0 Å². The molecular formula is C25H21NOS. The van der Waals surface area contributed by atoms with Crippen LogP contribution in [0.2, 0.25) is 0 Å². The zero-order valence-corrected chi connectivity index (χ0v) is 16.3. The van der Waals surface area contributed by atoms with Crippen molar-refractivity contribution < 1.29 is 4.79 Å². The molecule has 28 heavy (non-hydrogen) atoms. The van der Waals surface area contributed by atoms with Crippen LogP contribution in [0, 0.1) is 0 Å². The van der Waals surface area contributed by atoms with Gasteiger partial charge in [-0.1, -0.05) is 78.9 Å². The van der Waals surface area contributed by atoms with Crippen LogP contribution in [0.15, 0.2) is 102 Å². The fourth-order valence-corrected chi connectivity index (χ4v) is 4.15. The fraction of sp³-hybridized carbons (Fsp3) is 0.0800. The summed E-state index contributed by atoms with van der Waals surface area (Å²) in [5.74, 6) is 0.805. The van der Waals surface area contributed by atoms with E-state index in [1.807, 2.05) is 54.6 Å². The Morgan fingerprint density at radius 3 is 2.29 bits per heavy atom. The Labute approximate surface area is 169 Å². The van der Waals surface area contributed by atoms with E-state index in [-0.39, 0.29) is 5.91 Å². The number of hydrogen-bond acceptors (Lipinski definition) is 2. The van der Waals surface area contributed by atoms with Gasteiger partial charge in [-0.05, 0) is 40.1 Å². The lowest BCUT2D eigenvalue weighted by Gasteiger charge is -2.11. The first-order chi connectivity index (χ1) is 13.8. The molecule has 2 nitrogen and oxygen atoms in total. The first-order valence-corrected chi connectivity index (χ1v) is 10.3. The summed E-state index contributed by atoms with van der Waals surface area (Å²) >= 11 is 1.69. The van der Waals surface area contributed by atoms with Gasteiger partial charge in [-0.2, -0.15) is 0 Å². The van der Waals surface area contributed by atoms with Crippen LogP contribution in [0.25, 0.3) is 10.8 Å². The number of thioether (sulfide) groups is 1. The predicted molar refractivity (Wildman–Crippen MR) is 118 cm³/mol. The Kier molecular flexibility index (Phi) is 5.74. The third kappa shape index (κ3) is 4.44. The zero-order chi connectivity index (χ0) is 19.2. The number of rotatable bonds is 6. The summed E-state index contributed by atoms with van der Waals surface area (Å²) < 4.78 is 0. The maximum Gasteiger partial charge on any atom is 0.252 e. The molecule has 0 atom stereocenters. The van der Waals surface area contributed by atoms with Crippen molar-refractivity contribution in [1.29, 1.82) is 0 Å². The highest BCUT2D eigenvalue weighted by Crippen LogP contribution is 2.26. The first kappa shape index (κ1) is 18.3. The summed E-state index contributed by atoms with van der Waals surface area (Å²) in [5, 5.41) is 5.46. The average Bonchev–Trinajstić information content (AvgIpc) is 2.77. The van der Waals surface area contributed by atoms with Crippen molar-refractivity contribution in [3.8, 4) is 0 Å². The number of hydrogen-bond donors (Lipinski definition) is 1. The van der Waals surface area contributed by atoms with E-state index in [4.69, 9.17) is 0 Å². The fourth-order valence-electron chi connectivity index (χ4n) is 3.14. The number of benzene rings is 4. The second kappa shape index (κ2) is 8.77. The largest absolute Gasteiger partial charge is 0.348 e. The van der Waals surface area contributed by atoms with Crippen LogP contribution in [-0.2, 0) is 12.3 Å². The van der Waals surface area contributed by atoms with Crippen LogP contribution in [0.3, 0.4) is 0 Å².